The lowest BCUT2D eigenvalue weighted by molar-refractivity contribution is -0.385. The van der Waals surface area contributed by atoms with Crippen molar-refractivity contribution in [1.29, 1.82) is 0 Å². The first-order valence-electron chi connectivity index (χ1n) is 8.77. The first-order chi connectivity index (χ1) is 11.5. The molecule has 4 aliphatic carbocycles. The fourth-order valence-corrected chi connectivity index (χ4v) is 5.53. The molecule has 4 saturated carbocycles. The van der Waals surface area contributed by atoms with Crippen LogP contribution < -0.4 is 5.32 Å². The van der Waals surface area contributed by atoms with Crippen LogP contribution in [0.1, 0.15) is 44.1 Å². The van der Waals surface area contributed by atoms with Crippen molar-refractivity contribution in [2.45, 2.75) is 44.1 Å². The Morgan fingerprint density at radius 1 is 1.12 bits per heavy atom. The van der Waals surface area contributed by atoms with Crippen LogP contribution in [0, 0.1) is 27.9 Å². The summed E-state index contributed by atoms with van der Waals surface area (Å²) in [6, 6.07) is 6.48. The maximum atomic E-state index is 12.4. The predicted octanol–water partition coefficient (Wildman–Crippen LogP) is 3.69. The van der Waals surface area contributed by atoms with E-state index in [4.69, 9.17) is 0 Å². The van der Waals surface area contributed by atoms with Gasteiger partial charge in [0.2, 0.25) is 5.91 Å². The molecule has 5 nitrogen and oxygen atoms in total. The monoisotopic (exact) mass is 326 g/mol. The van der Waals surface area contributed by atoms with Crippen LogP contribution in [0.25, 0.3) is 6.08 Å². The Labute approximate surface area is 141 Å². The summed E-state index contributed by atoms with van der Waals surface area (Å²) in [5.74, 6) is 2.19. The minimum absolute atomic E-state index is 0.0244. The lowest BCUT2D eigenvalue weighted by Gasteiger charge is -2.56. The molecule has 1 aromatic carbocycles. The lowest BCUT2D eigenvalue weighted by Crippen LogP contribution is -2.59. The van der Waals surface area contributed by atoms with Gasteiger partial charge < -0.3 is 5.32 Å². The van der Waals surface area contributed by atoms with Gasteiger partial charge >= 0.3 is 0 Å². The van der Waals surface area contributed by atoms with Gasteiger partial charge in [-0.25, -0.2) is 0 Å². The van der Waals surface area contributed by atoms with Gasteiger partial charge in [-0.15, -0.1) is 0 Å². The molecule has 24 heavy (non-hydrogen) atoms. The molecule has 0 spiro atoms. The molecule has 4 bridgehead atoms. The fourth-order valence-electron chi connectivity index (χ4n) is 5.53. The largest absolute Gasteiger partial charge is 0.347 e. The zero-order chi connectivity index (χ0) is 16.7. The van der Waals surface area contributed by atoms with E-state index in [0.29, 0.717) is 5.56 Å². The van der Waals surface area contributed by atoms with Crippen LogP contribution in [-0.2, 0) is 4.79 Å². The Balaban J connectivity index is 1.47. The standard InChI is InChI=1S/C19H22N2O3/c22-18(6-5-16-3-1-2-4-17(16)21(23)24)20-19-10-13-7-14(11-19)9-15(8-13)12-19/h1-6,13-15H,7-12H2,(H,20,22)/b6-5+. The van der Waals surface area contributed by atoms with Gasteiger partial charge in [-0.05, 0) is 68.4 Å². The van der Waals surface area contributed by atoms with Crippen LogP contribution in [0.2, 0.25) is 0 Å². The van der Waals surface area contributed by atoms with Crippen molar-refractivity contribution in [2.75, 3.05) is 0 Å². The molecule has 0 unspecified atom stereocenters. The molecule has 5 heteroatoms. The highest BCUT2D eigenvalue weighted by Crippen LogP contribution is 2.55. The Morgan fingerprint density at radius 3 is 2.29 bits per heavy atom. The zero-order valence-corrected chi connectivity index (χ0v) is 13.6. The van der Waals surface area contributed by atoms with E-state index in [1.807, 2.05) is 0 Å². The number of carbonyl (C=O) groups is 1. The van der Waals surface area contributed by atoms with E-state index in [1.54, 1.807) is 24.3 Å². The predicted molar refractivity (Wildman–Crippen MR) is 91.2 cm³/mol. The highest BCUT2D eigenvalue weighted by Gasteiger charge is 2.51. The van der Waals surface area contributed by atoms with Crippen LogP contribution in [0.15, 0.2) is 30.3 Å². The number of hydrogen-bond acceptors (Lipinski definition) is 3. The van der Waals surface area contributed by atoms with Gasteiger partial charge in [-0.1, -0.05) is 12.1 Å². The van der Waals surface area contributed by atoms with E-state index in [9.17, 15) is 14.9 Å². The van der Waals surface area contributed by atoms with E-state index in [2.05, 4.69) is 5.32 Å². The molecule has 126 valence electrons. The summed E-state index contributed by atoms with van der Waals surface area (Å²) in [7, 11) is 0. The summed E-state index contributed by atoms with van der Waals surface area (Å²) in [5.41, 5.74) is 0.457. The number of amides is 1. The SMILES string of the molecule is O=C(/C=C/c1ccccc1[N+](=O)[O-])NC12CC3CC(CC(C3)C1)C2. The number of para-hydroxylation sites is 1. The molecule has 0 heterocycles. The number of hydrogen-bond donors (Lipinski definition) is 1. The highest BCUT2D eigenvalue weighted by molar-refractivity contribution is 5.92. The summed E-state index contributed by atoms with van der Waals surface area (Å²) in [6.07, 6.45) is 10.3. The van der Waals surface area contributed by atoms with Gasteiger partial charge in [0.25, 0.3) is 5.69 Å². The van der Waals surface area contributed by atoms with E-state index >= 15 is 0 Å². The summed E-state index contributed by atoms with van der Waals surface area (Å²) < 4.78 is 0. The van der Waals surface area contributed by atoms with Gasteiger partial charge in [-0.3, -0.25) is 14.9 Å². The molecular weight excluding hydrogens is 304 g/mol. The molecule has 0 aromatic heterocycles. The van der Waals surface area contributed by atoms with Crippen LogP contribution in [0.5, 0.6) is 0 Å². The highest BCUT2D eigenvalue weighted by atomic mass is 16.6. The molecule has 0 aliphatic heterocycles. The van der Waals surface area contributed by atoms with Gasteiger partial charge in [0.1, 0.15) is 0 Å². The average molecular weight is 326 g/mol. The van der Waals surface area contributed by atoms with Crippen LogP contribution in [-0.4, -0.2) is 16.4 Å². The number of nitro benzene ring substituents is 1. The van der Waals surface area contributed by atoms with Crippen molar-refractivity contribution in [1.82, 2.24) is 5.32 Å². The Hall–Kier alpha value is -2.17. The average Bonchev–Trinajstić information content (AvgIpc) is 2.51. The quantitative estimate of drug-likeness (QED) is 0.521. The Kier molecular flexibility index (Phi) is 3.66. The molecule has 5 rings (SSSR count). The van der Waals surface area contributed by atoms with E-state index in [-0.39, 0.29) is 17.1 Å². The van der Waals surface area contributed by atoms with E-state index < -0.39 is 4.92 Å². The maximum absolute atomic E-state index is 12.4. The molecule has 1 N–H and O–H groups in total. The third-order valence-corrected chi connectivity index (χ3v) is 5.97. The normalized spacial score (nSPS) is 33.8. The van der Waals surface area contributed by atoms with Crippen molar-refractivity contribution in [3.05, 3.63) is 46.0 Å². The lowest BCUT2D eigenvalue weighted by atomic mass is 9.53. The van der Waals surface area contributed by atoms with Crippen molar-refractivity contribution in [3.63, 3.8) is 0 Å². The number of nitrogens with one attached hydrogen (secondary N) is 1. The number of carbonyl (C=O) groups excluding carboxylic acids is 1. The Morgan fingerprint density at radius 2 is 1.71 bits per heavy atom. The van der Waals surface area contributed by atoms with Gasteiger partial charge in [-0.2, -0.15) is 0 Å². The second-order valence-corrected chi connectivity index (χ2v) is 7.84. The Bertz CT molecular complexity index is 675. The summed E-state index contributed by atoms with van der Waals surface area (Å²) >= 11 is 0. The molecule has 1 amide bonds. The van der Waals surface area contributed by atoms with Crippen LogP contribution in [0.3, 0.4) is 0 Å². The molecule has 0 saturated heterocycles. The van der Waals surface area contributed by atoms with Gasteiger partial charge in [0, 0.05) is 17.7 Å². The third-order valence-electron chi connectivity index (χ3n) is 5.97. The van der Waals surface area contributed by atoms with E-state index in [0.717, 1.165) is 37.0 Å². The molecule has 1 aromatic rings. The van der Waals surface area contributed by atoms with Crippen molar-refractivity contribution in [3.8, 4) is 0 Å². The summed E-state index contributed by atoms with van der Waals surface area (Å²) in [4.78, 5) is 23.0. The van der Waals surface area contributed by atoms with Gasteiger partial charge in [0.05, 0.1) is 10.5 Å². The first-order valence-corrected chi connectivity index (χ1v) is 8.77. The zero-order valence-electron chi connectivity index (χ0n) is 13.6. The van der Waals surface area contributed by atoms with Gasteiger partial charge in [0.15, 0.2) is 0 Å². The van der Waals surface area contributed by atoms with Crippen LogP contribution in [0.4, 0.5) is 5.69 Å². The molecule has 0 radical (unpaired) electrons. The minimum Gasteiger partial charge on any atom is -0.347 e. The molecular formula is C19H22N2O3. The smallest absolute Gasteiger partial charge is 0.276 e. The second kappa shape index (κ2) is 5.72. The number of nitrogens with zero attached hydrogens (tertiary/aromatic N) is 1. The van der Waals surface area contributed by atoms with Crippen LogP contribution >= 0.6 is 0 Å². The molecule has 4 fully saturated rings. The maximum Gasteiger partial charge on any atom is 0.276 e. The summed E-state index contributed by atoms with van der Waals surface area (Å²) in [6.45, 7) is 0. The second-order valence-electron chi connectivity index (χ2n) is 7.84. The number of nitro groups is 1. The summed E-state index contributed by atoms with van der Waals surface area (Å²) in [5, 5.41) is 14.3. The topological polar surface area (TPSA) is 72.2 Å². The fraction of sp³-hybridized carbons (Fsp3) is 0.526. The minimum atomic E-state index is -0.420. The molecule has 0 atom stereocenters. The number of benzene rings is 1. The third kappa shape index (κ3) is 2.83. The van der Waals surface area contributed by atoms with Crippen molar-refractivity contribution < 1.29 is 9.72 Å². The van der Waals surface area contributed by atoms with Crippen molar-refractivity contribution in [2.24, 2.45) is 17.8 Å². The number of rotatable bonds is 4. The van der Waals surface area contributed by atoms with Crippen molar-refractivity contribution >= 4 is 17.7 Å². The van der Waals surface area contributed by atoms with E-state index in [1.165, 1.54) is 31.4 Å². The first kappa shape index (κ1) is 15.4. The molecule has 4 aliphatic rings.